The van der Waals surface area contributed by atoms with Gasteiger partial charge in [0, 0.05) is 5.57 Å². The fourth-order valence-electron chi connectivity index (χ4n) is 0.279. The molecule has 0 radical (unpaired) electrons. The predicted octanol–water partition coefficient (Wildman–Crippen LogP) is -5.42. The van der Waals surface area contributed by atoms with E-state index in [1.807, 2.05) is 0 Å². The average Bonchev–Trinajstić information content (AvgIpc) is 1.99. The Balaban J connectivity index is -0.000000120. The maximum absolute atomic E-state index is 11.0. The summed E-state index contributed by atoms with van der Waals surface area (Å²) in [6.07, 6.45) is 0. The SMILES string of the molecule is C=C(C)C(=O)NOS(=O)(=O)C(C)C.[H-].[H-].[K+].[Na+]. The van der Waals surface area contributed by atoms with Gasteiger partial charge in [-0.05, 0) is 20.8 Å². The molecule has 0 aliphatic rings. The molecule has 0 heterocycles. The van der Waals surface area contributed by atoms with Crippen molar-refractivity contribution >= 4 is 16.0 Å². The van der Waals surface area contributed by atoms with Crippen LogP contribution in [0, 0.1) is 0 Å². The summed E-state index contributed by atoms with van der Waals surface area (Å²) in [7, 11) is -3.70. The minimum Gasteiger partial charge on any atom is -1.00 e. The van der Waals surface area contributed by atoms with E-state index in [1.54, 1.807) is 5.48 Å². The van der Waals surface area contributed by atoms with E-state index >= 15 is 0 Å². The second kappa shape index (κ2) is 9.75. The topological polar surface area (TPSA) is 72.5 Å². The second-order valence-corrected chi connectivity index (χ2v) is 4.93. The molecule has 0 aromatic rings. The van der Waals surface area contributed by atoms with Crippen molar-refractivity contribution in [3.05, 3.63) is 12.2 Å². The summed E-state index contributed by atoms with van der Waals surface area (Å²) in [5.41, 5.74) is 1.96. The molecule has 80 valence electrons. The average molecular weight is 271 g/mol. The van der Waals surface area contributed by atoms with Crippen LogP contribution in [0.2, 0.25) is 0 Å². The summed E-state index contributed by atoms with van der Waals surface area (Å²) in [4.78, 5) is 10.8. The number of carbonyl (C=O) groups is 1. The molecule has 0 bridgehead atoms. The Morgan fingerprint density at radius 1 is 1.47 bits per heavy atom. The molecule has 5 nitrogen and oxygen atoms in total. The van der Waals surface area contributed by atoms with Gasteiger partial charge in [-0.25, -0.2) is 5.48 Å². The van der Waals surface area contributed by atoms with Gasteiger partial charge >= 0.3 is 80.9 Å². The van der Waals surface area contributed by atoms with Gasteiger partial charge in [0.05, 0.1) is 5.25 Å². The molecule has 0 rings (SSSR count). The molecule has 1 N–H and O–H groups in total. The molecular formula is C7H15KNNaO4S. The summed E-state index contributed by atoms with van der Waals surface area (Å²) < 4.78 is 26.2. The van der Waals surface area contributed by atoms with Gasteiger partial charge in [0.15, 0.2) is 0 Å². The molecule has 0 fully saturated rings. The Hall–Kier alpha value is 1.76. The van der Waals surface area contributed by atoms with Crippen molar-refractivity contribution in [2.45, 2.75) is 26.0 Å². The summed E-state index contributed by atoms with van der Waals surface area (Å²) in [6, 6.07) is 0. The number of hydrogen-bond acceptors (Lipinski definition) is 4. The van der Waals surface area contributed by atoms with E-state index in [2.05, 4.69) is 10.9 Å². The van der Waals surface area contributed by atoms with Crippen LogP contribution in [-0.4, -0.2) is 19.6 Å². The Morgan fingerprint density at radius 2 is 1.87 bits per heavy atom. The normalized spacial score (nSPS) is 9.87. The summed E-state index contributed by atoms with van der Waals surface area (Å²) in [5, 5.41) is -0.696. The largest absolute Gasteiger partial charge is 1.00 e. The quantitative estimate of drug-likeness (QED) is 0.315. The van der Waals surface area contributed by atoms with Crippen molar-refractivity contribution in [3.63, 3.8) is 0 Å². The Bertz CT molecular complexity index is 324. The van der Waals surface area contributed by atoms with Crippen molar-refractivity contribution < 1.29 is 101 Å². The van der Waals surface area contributed by atoms with Crippen molar-refractivity contribution in [1.82, 2.24) is 5.48 Å². The zero-order valence-electron chi connectivity index (χ0n) is 11.8. The molecule has 0 atom stereocenters. The van der Waals surface area contributed by atoms with Crippen LogP contribution in [0.5, 0.6) is 0 Å². The molecule has 0 spiro atoms. The maximum Gasteiger partial charge on any atom is 1.00 e. The van der Waals surface area contributed by atoms with E-state index in [4.69, 9.17) is 0 Å². The molecule has 0 aromatic carbocycles. The fraction of sp³-hybridized carbons (Fsp3) is 0.571. The first-order valence-corrected chi connectivity index (χ1v) is 5.12. The summed E-state index contributed by atoms with van der Waals surface area (Å²) in [5.74, 6) is -0.649. The van der Waals surface area contributed by atoms with E-state index in [-0.39, 0.29) is 89.4 Å². The molecule has 0 saturated carbocycles. The minimum absolute atomic E-state index is 0. The first kappa shape index (κ1) is 22.0. The van der Waals surface area contributed by atoms with Crippen LogP contribution in [0.1, 0.15) is 23.6 Å². The molecule has 8 heteroatoms. The van der Waals surface area contributed by atoms with Crippen molar-refractivity contribution in [2.24, 2.45) is 0 Å². The van der Waals surface area contributed by atoms with E-state index in [0.29, 0.717) is 0 Å². The van der Waals surface area contributed by atoms with Gasteiger partial charge in [0.25, 0.3) is 16.0 Å². The van der Waals surface area contributed by atoms with Crippen molar-refractivity contribution in [1.29, 1.82) is 0 Å². The van der Waals surface area contributed by atoms with Crippen LogP contribution in [0.4, 0.5) is 0 Å². The van der Waals surface area contributed by atoms with Crippen LogP contribution in [0.15, 0.2) is 12.2 Å². The van der Waals surface area contributed by atoms with Crippen molar-refractivity contribution in [3.8, 4) is 0 Å². The summed E-state index contributed by atoms with van der Waals surface area (Å²) >= 11 is 0. The van der Waals surface area contributed by atoms with Gasteiger partial charge in [0.2, 0.25) is 0 Å². The van der Waals surface area contributed by atoms with E-state index < -0.39 is 21.3 Å². The zero-order chi connectivity index (χ0) is 10.6. The first-order chi connectivity index (χ1) is 5.77. The number of amides is 1. The molecule has 0 unspecified atom stereocenters. The molecule has 0 aliphatic heterocycles. The Kier molecular flexibility index (Phi) is 14.3. The van der Waals surface area contributed by atoms with Gasteiger partial charge in [-0.3, -0.25) is 4.79 Å². The zero-order valence-corrected chi connectivity index (χ0v) is 15.8. The van der Waals surface area contributed by atoms with Gasteiger partial charge in [0.1, 0.15) is 0 Å². The third-order valence-electron chi connectivity index (χ3n) is 1.22. The molecular weight excluding hydrogens is 256 g/mol. The molecule has 0 aromatic heterocycles. The van der Waals surface area contributed by atoms with Gasteiger partial charge in [-0.15, -0.1) is 4.28 Å². The van der Waals surface area contributed by atoms with Gasteiger partial charge < -0.3 is 2.85 Å². The van der Waals surface area contributed by atoms with E-state index in [9.17, 15) is 13.2 Å². The third-order valence-corrected chi connectivity index (χ3v) is 2.69. The number of carbonyl (C=O) groups excluding carboxylic acids is 1. The van der Waals surface area contributed by atoms with Crippen LogP contribution in [-0.2, 0) is 19.2 Å². The second-order valence-electron chi connectivity index (χ2n) is 2.84. The standard InChI is InChI=1S/C7H13NO4S.K.Na.2H/c1-5(2)7(9)8-12-13(10,11)6(3)4;;;;/h6H,1H2,2-4H3,(H,8,9);;;;/q;2*+1;2*-1. The number of hydrogen-bond donors (Lipinski definition) is 1. The van der Waals surface area contributed by atoms with Gasteiger partial charge in [-0.1, -0.05) is 6.58 Å². The van der Waals surface area contributed by atoms with E-state index in [0.717, 1.165) is 0 Å². The van der Waals surface area contributed by atoms with Crippen LogP contribution in [0.3, 0.4) is 0 Å². The molecule has 0 aliphatic carbocycles. The number of nitrogens with one attached hydrogen (secondary N) is 1. The minimum atomic E-state index is -3.70. The number of rotatable bonds is 4. The molecule has 0 saturated heterocycles. The predicted molar refractivity (Wildman–Crippen MR) is 50.3 cm³/mol. The first-order valence-electron chi connectivity index (χ1n) is 3.65. The van der Waals surface area contributed by atoms with Gasteiger partial charge in [-0.2, -0.15) is 8.42 Å². The summed E-state index contributed by atoms with van der Waals surface area (Å²) in [6.45, 7) is 7.65. The van der Waals surface area contributed by atoms with Crippen molar-refractivity contribution in [2.75, 3.05) is 0 Å². The monoisotopic (exact) mass is 271 g/mol. The smallest absolute Gasteiger partial charge is 1.00 e. The van der Waals surface area contributed by atoms with Crippen LogP contribution < -0.4 is 86.4 Å². The molecule has 15 heavy (non-hydrogen) atoms. The van der Waals surface area contributed by atoms with Crippen LogP contribution >= 0.6 is 0 Å². The van der Waals surface area contributed by atoms with Crippen LogP contribution in [0.25, 0.3) is 0 Å². The Labute approximate surface area is 158 Å². The van der Waals surface area contributed by atoms with E-state index in [1.165, 1.54) is 20.8 Å². The maximum atomic E-state index is 11.0. The Morgan fingerprint density at radius 3 is 2.13 bits per heavy atom. The number of hydroxylamine groups is 1. The molecule has 1 amide bonds. The third kappa shape index (κ3) is 9.46. The fourth-order valence-corrected chi connectivity index (χ4v) is 0.664.